The van der Waals surface area contributed by atoms with Crippen molar-refractivity contribution in [3.05, 3.63) is 16.0 Å². The largest absolute Gasteiger partial charge is 0.481 e. The van der Waals surface area contributed by atoms with Crippen molar-refractivity contribution < 1.29 is 18.3 Å². The van der Waals surface area contributed by atoms with Crippen molar-refractivity contribution in [3.8, 4) is 0 Å². The summed E-state index contributed by atoms with van der Waals surface area (Å²) >= 11 is 6.91. The Kier molecular flexibility index (Phi) is 3.92. The molecule has 0 saturated carbocycles. The van der Waals surface area contributed by atoms with Gasteiger partial charge in [-0.3, -0.25) is 4.79 Å². The first-order valence-electron chi connectivity index (χ1n) is 5.75. The van der Waals surface area contributed by atoms with Crippen LogP contribution in [0.15, 0.2) is 10.3 Å². The molecule has 0 radical (unpaired) electrons. The number of carboxylic acids is 1. The van der Waals surface area contributed by atoms with Gasteiger partial charge in [0.15, 0.2) is 0 Å². The summed E-state index contributed by atoms with van der Waals surface area (Å²) in [6, 6.07) is 0.993. The molecule has 0 aromatic carbocycles. The van der Waals surface area contributed by atoms with E-state index in [1.807, 2.05) is 0 Å². The van der Waals surface area contributed by atoms with E-state index in [2.05, 4.69) is 0 Å². The highest BCUT2D eigenvalue weighted by Crippen LogP contribution is 2.36. The molecule has 0 spiro atoms. The van der Waals surface area contributed by atoms with E-state index >= 15 is 0 Å². The summed E-state index contributed by atoms with van der Waals surface area (Å²) in [5, 5.41) is 9.05. The van der Waals surface area contributed by atoms with Gasteiger partial charge in [0.25, 0.3) is 10.0 Å². The Bertz CT molecular complexity index is 591. The van der Waals surface area contributed by atoms with Gasteiger partial charge in [-0.2, -0.15) is 4.31 Å². The summed E-state index contributed by atoms with van der Waals surface area (Å²) in [6.07, 6.45) is 0.341. The third-order valence-electron chi connectivity index (χ3n) is 3.41. The van der Waals surface area contributed by atoms with Crippen LogP contribution in [0.2, 0.25) is 4.34 Å². The third-order valence-corrected chi connectivity index (χ3v) is 7.40. The first-order valence-corrected chi connectivity index (χ1v) is 8.39. The van der Waals surface area contributed by atoms with Crippen LogP contribution in [0.4, 0.5) is 0 Å². The number of sulfonamides is 1. The van der Waals surface area contributed by atoms with Gasteiger partial charge in [-0.25, -0.2) is 8.42 Å². The van der Waals surface area contributed by atoms with E-state index in [1.54, 1.807) is 13.8 Å². The molecule has 8 heteroatoms. The molecule has 2 heterocycles. The zero-order chi connectivity index (χ0) is 14.4. The molecular weight excluding hydrogens is 310 g/mol. The molecular formula is C11H14ClNO4S2. The van der Waals surface area contributed by atoms with Crippen molar-refractivity contribution in [2.45, 2.75) is 30.5 Å². The maximum absolute atomic E-state index is 12.5. The first kappa shape index (κ1) is 14.8. The van der Waals surface area contributed by atoms with E-state index < -0.39 is 28.0 Å². The van der Waals surface area contributed by atoms with Crippen LogP contribution in [0.5, 0.6) is 0 Å². The number of hydrogen-bond donors (Lipinski definition) is 1. The minimum Gasteiger partial charge on any atom is -0.481 e. The van der Waals surface area contributed by atoms with Crippen LogP contribution in [0, 0.1) is 12.8 Å². The van der Waals surface area contributed by atoms with E-state index in [9.17, 15) is 13.2 Å². The highest BCUT2D eigenvalue weighted by atomic mass is 35.5. The second-order valence-electron chi connectivity index (χ2n) is 4.61. The zero-order valence-electron chi connectivity index (χ0n) is 10.5. The van der Waals surface area contributed by atoms with Crippen molar-refractivity contribution in [3.63, 3.8) is 0 Å². The quantitative estimate of drug-likeness (QED) is 0.925. The number of carboxylic acid groups (broad SMARTS) is 1. The Balaban J connectivity index is 2.34. The van der Waals surface area contributed by atoms with Gasteiger partial charge >= 0.3 is 5.97 Å². The fourth-order valence-corrected chi connectivity index (χ4v) is 5.77. The lowest BCUT2D eigenvalue weighted by Gasteiger charge is -2.21. The van der Waals surface area contributed by atoms with Crippen molar-refractivity contribution in [2.24, 2.45) is 5.92 Å². The Morgan fingerprint density at radius 3 is 2.63 bits per heavy atom. The van der Waals surface area contributed by atoms with Crippen molar-refractivity contribution in [1.29, 1.82) is 0 Å². The standard InChI is InChI=1S/C11H14ClNO4S2/c1-6-5-9(18-10(6)12)19(16,17)13-4-3-8(7(13)2)11(14)15/h5,7-8H,3-4H2,1-2H3,(H,14,15). The van der Waals surface area contributed by atoms with E-state index in [1.165, 1.54) is 10.4 Å². The summed E-state index contributed by atoms with van der Waals surface area (Å²) in [5.41, 5.74) is 0.715. The van der Waals surface area contributed by atoms with Gasteiger partial charge < -0.3 is 5.11 Å². The summed E-state index contributed by atoms with van der Waals surface area (Å²) in [7, 11) is -3.65. The molecule has 0 aliphatic carbocycles. The normalized spacial score (nSPS) is 24.8. The number of hydrogen-bond acceptors (Lipinski definition) is 4. The summed E-state index contributed by atoms with van der Waals surface area (Å²) in [6.45, 7) is 3.60. The molecule has 2 rings (SSSR count). The molecule has 2 unspecified atom stereocenters. The summed E-state index contributed by atoms with van der Waals surface area (Å²) in [5.74, 6) is -1.60. The van der Waals surface area contributed by atoms with E-state index in [4.69, 9.17) is 16.7 Å². The lowest BCUT2D eigenvalue weighted by Crippen LogP contribution is -2.37. The van der Waals surface area contributed by atoms with E-state index in [0.29, 0.717) is 16.3 Å². The minimum absolute atomic E-state index is 0.174. The van der Waals surface area contributed by atoms with Crippen LogP contribution in [0.3, 0.4) is 0 Å². The predicted octanol–water partition coefficient (Wildman–Crippen LogP) is 2.19. The van der Waals surface area contributed by atoms with Gasteiger partial charge in [-0.1, -0.05) is 11.6 Å². The second-order valence-corrected chi connectivity index (χ2v) is 8.38. The van der Waals surface area contributed by atoms with Gasteiger partial charge in [0.1, 0.15) is 4.21 Å². The van der Waals surface area contributed by atoms with E-state index in [-0.39, 0.29) is 10.8 Å². The number of halogens is 1. The van der Waals surface area contributed by atoms with Crippen LogP contribution < -0.4 is 0 Å². The monoisotopic (exact) mass is 323 g/mol. The van der Waals surface area contributed by atoms with Crippen LogP contribution >= 0.6 is 22.9 Å². The average Bonchev–Trinajstić information content (AvgIpc) is 2.84. The minimum atomic E-state index is -3.65. The van der Waals surface area contributed by atoms with Gasteiger partial charge in [0, 0.05) is 12.6 Å². The molecule has 1 aliphatic rings. The smallest absolute Gasteiger partial charge is 0.308 e. The molecule has 1 aromatic rings. The van der Waals surface area contributed by atoms with Crippen LogP contribution in [-0.4, -0.2) is 36.4 Å². The SMILES string of the molecule is Cc1cc(S(=O)(=O)N2CCC(C(=O)O)C2C)sc1Cl. The Labute approximate surface area is 120 Å². The first-order chi connectivity index (χ1) is 8.75. The Morgan fingerprint density at radius 2 is 2.21 bits per heavy atom. The zero-order valence-corrected chi connectivity index (χ0v) is 12.8. The molecule has 5 nitrogen and oxygen atoms in total. The van der Waals surface area contributed by atoms with Gasteiger partial charge in [0.05, 0.1) is 10.3 Å². The number of aryl methyl sites for hydroxylation is 1. The van der Waals surface area contributed by atoms with Gasteiger partial charge in [0.2, 0.25) is 0 Å². The lowest BCUT2D eigenvalue weighted by molar-refractivity contribution is -0.142. The second kappa shape index (κ2) is 5.05. The highest BCUT2D eigenvalue weighted by Gasteiger charge is 2.42. The molecule has 0 bridgehead atoms. The van der Waals surface area contributed by atoms with Crippen LogP contribution in [0.25, 0.3) is 0 Å². The van der Waals surface area contributed by atoms with Crippen molar-refractivity contribution in [1.82, 2.24) is 4.31 Å². The maximum atomic E-state index is 12.5. The third kappa shape index (κ3) is 2.52. The molecule has 1 fully saturated rings. The predicted molar refractivity (Wildman–Crippen MR) is 73.2 cm³/mol. The fourth-order valence-electron chi connectivity index (χ4n) is 2.26. The lowest BCUT2D eigenvalue weighted by atomic mass is 10.0. The number of carbonyl (C=O) groups is 1. The highest BCUT2D eigenvalue weighted by molar-refractivity contribution is 7.91. The molecule has 1 aromatic heterocycles. The Hall–Kier alpha value is -0.630. The van der Waals surface area contributed by atoms with Gasteiger partial charge in [-0.15, -0.1) is 11.3 Å². The summed E-state index contributed by atoms with van der Waals surface area (Å²) < 4.78 is 26.8. The van der Waals surface area contributed by atoms with E-state index in [0.717, 1.165) is 11.3 Å². The summed E-state index contributed by atoms with van der Waals surface area (Å²) in [4.78, 5) is 11.0. The topological polar surface area (TPSA) is 74.7 Å². The number of nitrogens with zero attached hydrogens (tertiary/aromatic N) is 1. The molecule has 1 aliphatic heterocycles. The fraction of sp³-hybridized carbons (Fsp3) is 0.545. The van der Waals surface area contributed by atoms with Crippen molar-refractivity contribution in [2.75, 3.05) is 6.54 Å². The number of rotatable bonds is 3. The number of thiophene rings is 1. The molecule has 1 saturated heterocycles. The molecule has 19 heavy (non-hydrogen) atoms. The maximum Gasteiger partial charge on any atom is 0.308 e. The molecule has 106 valence electrons. The molecule has 0 amide bonds. The molecule has 2 atom stereocenters. The van der Waals surface area contributed by atoms with Crippen molar-refractivity contribution >= 4 is 38.9 Å². The van der Waals surface area contributed by atoms with Gasteiger partial charge in [-0.05, 0) is 31.9 Å². The van der Waals surface area contributed by atoms with Crippen LogP contribution in [-0.2, 0) is 14.8 Å². The Morgan fingerprint density at radius 1 is 1.58 bits per heavy atom. The molecule has 1 N–H and O–H groups in total. The van der Waals surface area contributed by atoms with Crippen LogP contribution in [0.1, 0.15) is 18.9 Å². The number of aliphatic carboxylic acids is 1. The average molecular weight is 324 g/mol.